The van der Waals surface area contributed by atoms with Gasteiger partial charge in [0.25, 0.3) is 0 Å². The van der Waals surface area contributed by atoms with E-state index >= 15 is 0 Å². The Morgan fingerprint density at radius 2 is 1.90 bits per heavy atom. The van der Waals surface area contributed by atoms with Crippen molar-refractivity contribution in [3.05, 3.63) is 81.6 Å². The van der Waals surface area contributed by atoms with Crippen LogP contribution in [0, 0.1) is 0 Å². The van der Waals surface area contributed by atoms with Gasteiger partial charge < -0.3 is 15.2 Å². The zero-order valence-electron chi connectivity index (χ0n) is 16.5. The minimum atomic E-state index is -0.932. The van der Waals surface area contributed by atoms with E-state index in [0.717, 1.165) is 12.1 Å². The predicted molar refractivity (Wildman–Crippen MR) is 120 cm³/mol. The van der Waals surface area contributed by atoms with E-state index in [1.807, 2.05) is 12.3 Å². The van der Waals surface area contributed by atoms with Crippen LogP contribution >= 0.6 is 23.2 Å². The number of aliphatic carboxylic acids is 1. The van der Waals surface area contributed by atoms with E-state index in [4.69, 9.17) is 27.9 Å². The predicted octanol–water partition coefficient (Wildman–Crippen LogP) is 5.94. The molecule has 30 heavy (non-hydrogen) atoms. The Hall–Kier alpha value is -2.76. The van der Waals surface area contributed by atoms with Gasteiger partial charge in [0.05, 0.1) is 28.8 Å². The molecule has 0 spiro atoms. The van der Waals surface area contributed by atoms with Crippen LogP contribution in [0.25, 0.3) is 0 Å². The third-order valence-corrected chi connectivity index (χ3v) is 5.20. The molecule has 7 heteroatoms. The molecular formula is C23H22Cl2N2O3. The molecule has 0 fully saturated rings. The lowest BCUT2D eigenvalue weighted by Crippen LogP contribution is -2.06. The Bertz CT molecular complexity index is 1000. The number of aryl methyl sites for hydroxylation is 1. The highest BCUT2D eigenvalue weighted by atomic mass is 35.5. The Kier molecular flexibility index (Phi) is 7.55. The second-order valence-corrected chi connectivity index (χ2v) is 7.54. The number of hydrogen-bond donors (Lipinski definition) is 2. The van der Waals surface area contributed by atoms with E-state index in [0.29, 0.717) is 45.8 Å². The zero-order chi connectivity index (χ0) is 21.5. The summed E-state index contributed by atoms with van der Waals surface area (Å²) in [6.07, 6.45) is 3.36. The summed E-state index contributed by atoms with van der Waals surface area (Å²) in [4.78, 5) is 15.7. The van der Waals surface area contributed by atoms with Crippen molar-refractivity contribution in [1.82, 2.24) is 4.98 Å². The highest BCUT2D eigenvalue weighted by Crippen LogP contribution is 2.35. The normalized spacial score (nSPS) is 10.6. The number of nitrogens with zero attached hydrogens (tertiary/aromatic N) is 1. The molecular weight excluding hydrogens is 423 g/mol. The standard InChI is InChI=1S/C23H22Cl2N2O3/c1-2-15-6-8-17(26-14-15)10-11-30-18-9-7-16(12-22(28)29)21(13-18)27-23-19(24)4-3-5-20(23)25/h3-9,13-14,27H,2,10-12H2,1H3,(H,28,29). The molecule has 0 aliphatic rings. The summed E-state index contributed by atoms with van der Waals surface area (Å²) in [5.74, 6) is -0.321. The largest absolute Gasteiger partial charge is 0.493 e. The van der Waals surface area contributed by atoms with E-state index in [2.05, 4.69) is 23.3 Å². The first kappa shape index (κ1) is 21.9. The molecule has 0 aliphatic carbocycles. The van der Waals surface area contributed by atoms with Gasteiger partial charge in [0.2, 0.25) is 0 Å². The second-order valence-electron chi connectivity index (χ2n) is 6.72. The van der Waals surface area contributed by atoms with E-state index in [9.17, 15) is 9.90 Å². The monoisotopic (exact) mass is 444 g/mol. The van der Waals surface area contributed by atoms with Crippen molar-refractivity contribution in [3.8, 4) is 5.75 Å². The van der Waals surface area contributed by atoms with Crippen LogP contribution in [0.3, 0.4) is 0 Å². The Morgan fingerprint density at radius 1 is 1.13 bits per heavy atom. The van der Waals surface area contributed by atoms with Crippen molar-refractivity contribution in [1.29, 1.82) is 0 Å². The van der Waals surface area contributed by atoms with E-state index in [1.165, 1.54) is 5.56 Å². The number of carbonyl (C=O) groups is 1. The van der Waals surface area contributed by atoms with Crippen molar-refractivity contribution in [2.24, 2.45) is 0 Å². The van der Waals surface area contributed by atoms with Crippen molar-refractivity contribution in [2.45, 2.75) is 26.2 Å². The van der Waals surface area contributed by atoms with Crippen LogP contribution in [-0.2, 0) is 24.1 Å². The lowest BCUT2D eigenvalue weighted by Gasteiger charge is -2.15. The first-order valence-electron chi connectivity index (χ1n) is 9.58. The number of anilines is 2. The van der Waals surface area contributed by atoms with Crippen LogP contribution in [0.5, 0.6) is 5.75 Å². The maximum absolute atomic E-state index is 11.2. The number of halogens is 2. The van der Waals surface area contributed by atoms with E-state index in [-0.39, 0.29) is 6.42 Å². The SMILES string of the molecule is CCc1ccc(CCOc2ccc(CC(=O)O)c(Nc3c(Cl)cccc3Cl)c2)nc1. The van der Waals surface area contributed by atoms with Crippen LogP contribution < -0.4 is 10.1 Å². The molecule has 2 N–H and O–H groups in total. The fourth-order valence-electron chi connectivity index (χ4n) is 2.92. The van der Waals surface area contributed by atoms with Gasteiger partial charge in [-0.25, -0.2) is 0 Å². The van der Waals surface area contributed by atoms with Crippen LogP contribution in [0.4, 0.5) is 11.4 Å². The summed E-state index contributed by atoms with van der Waals surface area (Å²) in [5, 5.41) is 13.3. The van der Waals surface area contributed by atoms with Gasteiger partial charge in [0.1, 0.15) is 5.75 Å². The number of pyridine rings is 1. The Labute approximate surface area is 185 Å². The maximum atomic E-state index is 11.2. The zero-order valence-corrected chi connectivity index (χ0v) is 18.0. The highest BCUT2D eigenvalue weighted by molar-refractivity contribution is 6.39. The van der Waals surface area contributed by atoms with Gasteiger partial charge in [0.15, 0.2) is 0 Å². The molecule has 0 saturated heterocycles. The number of carboxylic acid groups (broad SMARTS) is 1. The molecule has 0 radical (unpaired) electrons. The number of rotatable bonds is 9. The summed E-state index contributed by atoms with van der Waals surface area (Å²) in [7, 11) is 0. The third-order valence-electron chi connectivity index (χ3n) is 4.57. The van der Waals surface area contributed by atoms with Gasteiger partial charge >= 0.3 is 5.97 Å². The molecule has 0 amide bonds. The van der Waals surface area contributed by atoms with Gasteiger partial charge in [-0.2, -0.15) is 0 Å². The third kappa shape index (κ3) is 5.88. The lowest BCUT2D eigenvalue weighted by molar-refractivity contribution is -0.136. The van der Waals surface area contributed by atoms with Gasteiger partial charge in [0, 0.05) is 30.1 Å². The van der Waals surface area contributed by atoms with Crippen LogP contribution in [0.1, 0.15) is 23.7 Å². The highest BCUT2D eigenvalue weighted by Gasteiger charge is 2.12. The van der Waals surface area contributed by atoms with Crippen molar-refractivity contribution < 1.29 is 14.6 Å². The van der Waals surface area contributed by atoms with Gasteiger partial charge in [-0.05, 0) is 41.8 Å². The van der Waals surface area contributed by atoms with Crippen LogP contribution in [0.15, 0.2) is 54.7 Å². The minimum Gasteiger partial charge on any atom is -0.493 e. The van der Waals surface area contributed by atoms with Crippen molar-refractivity contribution in [3.63, 3.8) is 0 Å². The molecule has 156 valence electrons. The summed E-state index contributed by atoms with van der Waals surface area (Å²) in [6, 6.07) is 14.5. The molecule has 5 nitrogen and oxygen atoms in total. The van der Waals surface area contributed by atoms with Crippen LogP contribution in [-0.4, -0.2) is 22.7 Å². The molecule has 2 aromatic carbocycles. The quantitative estimate of drug-likeness (QED) is 0.426. The number of ether oxygens (including phenoxy) is 1. The molecule has 1 heterocycles. The van der Waals surface area contributed by atoms with Crippen molar-refractivity contribution in [2.75, 3.05) is 11.9 Å². The van der Waals surface area contributed by atoms with Crippen molar-refractivity contribution >= 4 is 40.5 Å². The molecule has 1 aromatic heterocycles. The summed E-state index contributed by atoms with van der Waals surface area (Å²) >= 11 is 12.5. The summed E-state index contributed by atoms with van der Waals surface area (Å²) in [6.45, 7) is 2.54. The number of benzene rings is 2. The molecule has 0 bridgehead atoms. The molecule has 0 saturated carbocycles. The molecule has 0 unspecified atom stereocenters. The number of nitrogens with one attached hydrogen (secondary N) is 1. The first-order valence-corrected chi connectivity index (χ1v) is 10.3. The van der Waals surface area contributed by atoms with Gasteiger partial charge in [-0.3, -0.25) is 9.78 Å². The molecule has 3 rings (SSSR count). The summed E-state index contributed by atoms with van der Waals surface area (Å²) in [5.41, 5.74) is 3.85. The average molecular weight is 445 g/mol. The fourth-order valence-corrected chi connectivity index (χ4v) is 3.41. The smallest absolute Gasteiger partial charge is 0.307 e. The Balaban J connectivity index is 1.75. The minimum absolute atomic E-state index is 0.140. The average Bonchev–Trinajstić information content (AvgIpc) is 2.72. The van der Waals surface area contributed by atoms with Crippen LogP contribution in [0.2, 0.25) is 10.0 Å². The van der Waals surface area contributed by atoms with Gasteiger partial charge in [-0.1, -0.05) is 48.3 Å². The fraction of sp³-hybridized carbons (Fsp3) is 0.217. The number of carboxylic acids is 1. The Morgan fingerprint density at radius 3 is 2.53 bits per heavy atom. The first-order chi connectivity index (χ1) is 14.5. The number of hydrogen-bond acceptors (Lipinski definition) is 4. The maximum Gasteiger partial charge on any atom is 0.307 e. The molecule has 3 aromatic rings. The second kappa shape index (κ2) is 10.3. The topological polar surface area (TPSA) is 71.5 Å². The molecule has 0 atom stereocenters. The van der Waals surface area contributed by atoms with Gasteiger partial charge in [-0.15, -0.1) is 0 Å². The van der Waals surface area contributed by atoms with E-state index < -0.39 is 5.97 Å². The number of para-hydroxylation sites is 1. The lowest BCUT2D eigenvalue weighted by atomic mass is 10.1. The molecule has 0 aliphatic heterocycles. The number of aromatic nitrogens is 1. The summed E-state index contributed by atoms with van der Waals surface area (Å²) < 4.78 is 5.87. The van der Waals surface area contributed by atoms with E-state index in [1.54, 1.807) is 36.4 Å².